The molecule has 20 rings (SSSR count). The highest BCUT2D eigenvalue weighted by Crippen LogP contribution is 2.37. The Kier molecular flexibility index (Phi) is 39.5. The van der Waals surface area contributed by atoms with Crippen molar-refractivity contribution in [3.05, 3.63) is 394 Å². The number of carbonyl (C=O) groups is 3. The summed E-state index contributed by atoms with van der Waals surface area (Å²) >= 11 is 12.3. The fourth-order valence-electron chi connectivity index (χ4n) is 16.3. The molecule has 0 radical (unpaired) electrons. The molecule has 10 N–H and O–H groups in total. The number of nitrogens with zero attached hydrogens (tertiary/aromatic N) is 3. The van der Waals surface area contributed by atoms with Gasteiger partial charge in [-0.05, 0) is 258 Å². The fourth-order valence-corrected chi connectivity index (χ4v) is 17.0. The van der Waals surface area contributed by atoms with Crippen molar-refractivity contribution in [3.63, 3.8) is 0 Å². The molecule has 9 heterocycles. The van der Waals surface area contributed by atoms with Gasteiger partial charge in [0.05, 0.1) is 33.8 Å². The second-order valence-corrected chi connectivity index (χ2v) is 50.0. The highest BCUT2D eigenvalue weighted by molar-refractivity contribution is 6.35. The summed E-state index contributed by atoms with van der Waals surface area (Å²) in [6.45, 7) is 73.2. The Bertz CT molecular complexity index is 7520. The van der Waals surface area contributed by atoms with Gasteiger partial charge in [-0.3, -0.25) is 38.4 Å². The number of carbonyl (C=O) groups excluding carboxylic acids is 3. The summed E-state index contributed by atoms with van der Waals surface area (Å²) in [5, 5.41) is 25.2. The Morgan fingerprint density at radius 3 is 1.18 bits per heavy atom. The van der Waals surface area contributed by atoms with Gasteiger partial charge < -0.3 is 41.6 Å². The maximum Gasteiger partial charge on any atom is 0.272 e. The molecule has 10 aromatic carbocycles. The van der Waals surface area contributed by atoms with Crippen LogP contribution in [0, 0.1) is 5.41 Å². The van der Waals surface area contributed by atoms with Crippen LogP contribution in [0.3, 0.4) is 0 Å². The molecule has 0 bridgehead atoms. The van der Waals surface area contributed by atoms with E-state index in [4.69, 9.17) is 28.9 Å². The van der Waals surface area contributed by atoms with Crippen LogP contribution in [0.25, 0.3) is 64.8 Å². The molecular formula is C128H160Cl2N12O8. The monoisotopic (exact) mass is 2060 g/mol. The SMILES string of the molecule is CC.CC(C)(C)C.CC(C)(C)c1cc2cc[nH]c(=O)c2cc1Cl.CC(C)(C)c1ccc2c(=O)[nH]cc(Cl)c2c1.CC(C)(C)c1ccc2c(=O)[nH]ccc2c1.CC(C)(C)c1ccc2c(=O)[nH]cnc2c1.CC(C)(C)c1ccc2c(=O)[nH]ncc2c1.CC(C)(C)c1ccc2c(N)nccc2c1.CC(C)(C)c1ccc2c(c1)C(=O)NC2.CC(C)(C)c1ccc2c(c1)CCNC2=O.CC(C)(C)c1ccc2c(c1)CNC2=O.c1ccc2c(c1)CC2. The zero-order valence-corrected chi connectivity index (χ0v) is 96.2. The third-order valence-corrected chi connectivity index (χ3v) is 26.3. The van der Waals surface area contributed by atoms with Crippen LogP contribution in [0.4, 0.5) is 5.82 Å². The smallest absolute Gasteiger partial charge is 0.272 e. The van der Waals surface area contributed by atoms with Crippen molar-refractivity contribution in [2.45, 2.75) is 310 Å². The van der Waals surface area contributed by atoms with E-state index < -0.39 is 0 Å². The van der Waals surface area contributed by atoms with Crippen molar-refractivity contribution in [1.29, 1.82) is 0 Å². The van der Waals surface area contributed by atoms with Crippen molar-refractivity contribution in [2.75, 3.05) is 12.3 Å². The van der Waals surface area contributed by atoms with E-state index in [1.165, 1.54) is 69.2 Å². The number of nitrogens with two attached hydrogens (primary N) is 1. The van der Waals surface area contributed by atoms with E-state index >= 15 is 0 Å². The Balaban J connectivity index is 0.000000184. The topological polar surface area (TPSA) is 316 Å². The first-order valence-corrected chi connectivity index (χ1v) is 52.6. The van der Waals surface area contributed by atoms with Crippen molar-refractivity contribution in [3.8, 4) is 0 Å². The minimum Gasteiger partial charge on any atom is -0.383 e. The maximum absolute atomic E-state index is 11.6. The molecule has 1 aliphatic carbocycles. The van der Waals surface area contributed by atoms with Crippen LogP contribution in [0.15, 0.2) is 261 Å². The molecule has 0 saturated carbocycles. The zero-order chi connectivity index (χ0) is 112. The number of aromatic amines is 5. The third-order valence-electron chi connectivity index (χ3n) is 25.7. The van der Waals surface area contributed by atoms with Gasteiger partial charge in [-0.2, -0.15) is 5.10 Å². The number of nitrogens with one attached hydrogen (secondary N) is 8. The van der Waals surface area contributed by atoms with E-state index in [1.807, 2.05) is 135 Å². The summed E-state index contributed by atoms with van der Waals surface area (Å²) in [7, 11) is 0. The number of nitrogen functional groups attached to an aromatic ring is 1. The van der Waals surface area contributed by atoms with Gasteiger partial charge in [0.2, 0.25) is 0 Å². The maximum atomic E-state index is 11.6. The molecule has 20 nitrogen and oxygen atoms in total. The van der Waals surface area contributed by atoms with Gasteiger partial charge in [0.15, 0.2) is 0 Å². The summed E-state index contributed by atoms with van der Waals surface area (Å²) in [4.78, 5) is 111. The van der Waals surface area contributed by atoms with Gasteiger partial charge in [-0.1, -0.05) is 361 Å². The van der Waals surface area contributed by atoms with Crippen LogP contribution in [0.2, 0.25) is 10.0 Å². The summed E-state index contributed by atoms with van der Waals surface area (Å²) in [6, 6.07) is 66.5. The van der Waals surface area contributed by atoms with Gasteiger partial charge in [0.25, 0.3) is 45.5 Å². The molecule has 0 atom stereocenters. The van der Waals surface area contributed by atoms with Gasteiger partial charge in [0, 0.05) is 98.5 Å². The summed E-state index contributed by atoms with van der Waals surface area (Å²) in [5.74, 6) is 0.788. The average Bonchev–Trinajstić information content (AvgIpc) is 1.50. The van der Waals surface area contributed by atoms with Gasteiger partial charge in [-0.15, -0.1) is 0 Å². The molecule has 0 fully saturated rings. The fraction of sp³-hybridized carbons (Fsp3) is 0.383. The number of pyridine rings is 4. The van der Waals surface area contributed by atoms with Crippen LogP contribution < -0.4 is 49.5 Å². The summed E-state index contributed by atoms with van der Waals surface area (Å²) in [6.07, 6.45) is 13.3. The van der Waals surface area contributed by atoms with Crippen molar-refractivity contribution >= 4 is 112 Å². The van der Waals surface area contributed by atoms with Crippen molar-refractivity contribution in [2.24, 2.45) is 5.41 Å². The highest BCUT2D eigenvalue weighted by Gasteiger charge is 2.28. The molecule has 794 valence electrons. The first-order chi connectivity index (χ1) is 69.6. The van der Waals surface area contributed by atoms with E-state index in [-0.39, 0.29) is 94.3 Å². The number of hydrogen-bond acceptors (Lipinski definition) is 12. The molecule has 6 aromatic heterocycles. The van der Waals surface area contributed by atoms with E-state index in [9.17, 15) is 38.4 Å². The first kappa shape index (κ1) is 120. The Morgan fingerprint density at radius 2 is 0.680 bits per heavy atom. The van der Waals surface area contributed by atoms with Crippen LogP contribution in [-0.2, 0) is 81.1 Å². The molecule has 16 aromatic rings. The molecule has 22 heteroatoms. The number of anilines is 1. The minimum absolute atomic E-state index is 0.0200. The predicted molar refractivity (Wildman–Crippen MR) is 631 cm³/mol. The third kappa shape index (κ3) is 33.4. The lowest BCUT2D eigenvalue weighted by Gasteiger charge is -2.23. The number of H-pyrrole nitrogens is 5. The van der Waals surface area contributed by atoms with Crippen LogP contribution in [-0.4, -0.2) is 64.4 Å². The predicted octanol–water partition coefficient (Wildman–Crippen LogP) is 28.9. The number of fused-ring (bicyclic) bond motifs is 10. The highest BCUT2D eigenvalue weighted by atomic mass is 35.5. The zero-order valence-electron chi connectivity index (χ0n) is 94.7. The largest absolute Gasteiger partial charge is 0.383 e. The molecule has 4 aliphatic rings. The number of benzene rings is 10. The van der Waals surface area contributed by atoms with E-state index in [0.29, 0.717) is 55.9 Å². The summed E-state index contributed by atoms with van der Waals surface area (Å²) in [5.41, 5.74) is 27.6. The Labute approximate surface area is 897 Å². The minimum atomic E-state index is -0.132. The van der Waals surface area contributed by atoms with Gasteiger partial charge in [-0.25, -0.2) is 15.1 Å². The number of amides is 3. The molecular weight excluding hydrogens is 1900 g/mol. The lowest BCUT2D eigenvalue weighted by atomic mass is 9.84. The molecule has 0 spiro atoms. The average molecular weight is 2070 g/mol. The van der Waals surface area contributed by atoms with Crippen LogP contribution >= 0.6 is 23.2 Å². The lowest BCUT2D eigenvalue weighted by molar-refractivity contribution is 0.0941. The van der Waals surface area contributed by atoms with Gasteiger partial charge in [0.1, 0.15) is 5.82 Å². The van der Waals surface area contributed by atoms with E-state index in [1.54, 1.807) is 48.2 Å². The lowest BCUT2D eigenvalue weighted by Crippen LogP contribution is -2.32. The van der Waals surface area contributed by atoms with E-state index in [0.717, 1.165) is 89.6 Å². The number of aryl methyl sites for hydroxylation is 2. The second kappa shape index (κ2) is 49.4. The quantitative estimate of drug-likeness (QED) is 0.0684. The van der Waals surface area contributed by atoms with Crippen LogP contribution in [0.5, 0.6) is 0 Å². The van der Waals surface area contributed by atoms with Crippen LogP contribution in [0.1, 0.15) is 337 Å². The number of aromatic nitrogens is 8. The number of halogens is 2. The Hall–Kier alpha value is -13.7. The van der Waals surface area contributed by atoms with E-state index in [2.05, 4.69) is 343 Å². The molecule has 150 heavy (non-hydrogen) atoms. The van der Waals surface area contributed by atoms with Crippen molar-refractivity contribution < 1.29 is 14.4 Å². The number of hydrogen-bond donors (Lipinski definition) is 9. The first-order valence-electron chi connectivity index (χ1n) is 51.8. The van der Waals surface area contributed by atoms with Crippen molar-refractivity contribution in [1.82, 2.24) is 56.1 Å². The molecule has 0 unspecified atom stereocenters. The number of rotatable bonds is 0. The summed E-state index contributed by atoms with van der Waals surface area (Å²) < 4.78 is 0. The second-order valence-electron chi connectivity index (χ2n) is 49.2. The standard InChI is InChI=1S/2C13H14ClNO.C13H16N2.C13H17NO.C13H15NO.2C12H14N2O.2C12H15NO.C8H8.C5H12.C2H6/c1-13(2,3)10-6-8-4-5-15-12(16)9(8)7-11(10)14;1-13(2,3)8-4-5-9-10(6-8)11(14)7-15-12(9)16;1-13(2,3)10-4-5-11-9(8-10)6-7-15-12(11)14;2*1-13(2,3)10-4-5-11-9(8-10)6-7-14-12(11)15;1-12(2,3)9-4-5-10-8(6-9)7-13-14-11(10)15;1-12(2,3)8-4-5-9-10(6-8)13-7-14-11(9)15;1-12(2,3)9-4-5-10-8(6-9)7-13-11(10)14;1-12(2,3)9-5-4-8-7-13-11(14)10(8)6-9;1-2-4-8-6-5-7(8)3-1;1-5(2,3)4;1-2/h2*4-7H,1-3H3,(H,15,16);4-8H,1-3H3,(H2,14,15);4-5,8H,6-7H2,1-3H3,(H,14,15);4-8H,1-3H3,(H,14,15);4-7H,1-3H3,(H,14,15);4-7H,1-3H3,(H,13,14,15);2*4-6H,7H2,1-3H3,(H,13,14);1-4H,5-6H2;1-4H3;1-2H3. The van der Waals surface area contributed by atoms with Gasteiger partial charge >= 0.3 is 0 Å². The molecule has 3 aliphatic heterocycles. The molecule has 0 saturated heterocycles. The molecule has 3 amide bonds. The Morgan fingerprint density at radius 1 is 0.293 bits per heavy atom. The normalized spacial score (nSPS) is 13.0.